The van der Waals surface area contributed by atoms with Gasteiger partial charge in [0.15, 0.2) is 0 Å². The summed E-state index contributed by atoms with van der Waals surface area (Å²) in [6, 6.07) is 5.81. The molecule has 0 amide bonds. The zero-order valence-corrected chi connectivity index (χ0v) is 18.8. The molecule has 31 heavy (non-hydrogen) atoms. The standard InChI is InChI=1S/C25H33ClN2O3/c26-21-14-20-18(5-10-28-24(20)29)13-22(21)31-19-3-8-25(9-4-19,23(27)17-1-2-17)15-16-6-11-30-12-7-16/h5,10,13-14,16-17,19,23H,1-4,6-9,11-12,15,27H2,(H,28,29)/t19?,23-,25?/m1/s1. The minimum Gasteiger partial charge on any atom is -0.489 e. The molecule has 2 heterocycles. The number of rotatable bonds is 6. The summed E-state index contributed by atoms with van der Waals surface area (Å²) in [7, 11) is 0. The number of aromatic nitrogens is 1. The van der Waals surface area contributed by atoms with Crippen LogP contribution in [-0.4, -0.2) is 30.3 Å². The summed E-state index contributed by atoms with van der Waals surface area (Å²) < 4.78 is 12.0. The number of nitrogens with one attached hydrogen (secondary N) is 1. The molecule has 5 rings (SSSR count). The highest BCUT2D eigenvalue weighted by Gasteiger charge is 2.47. The van der Waals surface area contributed by atoms with Crippen molar-refractivity contribution in [1.82, 2.24) is 4.98 Å². The summed E-state index contributed by atoms with van der Waals surface area (Å²) in [5, 5.41) is 1.94. The first-order chi connectivity index (χ1) is 15.0. The van der Waals surface area contributed by atoms with Gasteiger partial charge in [-0.25, -0.2) is 0 Å². The Labute approximate surface area is 188 Å². The van der Waals surface area contributed by atoms with E-state index in [4.69, 9.17) is 26.8 Å². The summed E-state index contributed by atoms with van der Waals surface area (Å²) >= 11 is 6.47. The van der Waals surface area contributed by atoms with E-state index in [1.54, 1.807) is 12.3 Å². The lowest BCUT2D eigenvalue weighted by molar-refractivity contribution is 0.00598. The Morgan fingerprint density at radius 3 is 2.61 bits per heavy atom. The molecule has 1 saturated heterocycles. The van der Waals surface area contributed by atoms with Crippen LogP contribution in [0.2, 0.25) is 5.02 Å². The van der Waals surface area contributed by atoms with Gasteiger partial charge >= 0.3 is 0 Å². The molecule has 6 heteroatoms. The Hall–Kier alpha value is -1.56. The number of ether oxygens (including phenoxy) is 2. The number of hydrogen-bond donors (Lipinski definition) is 2. The molecule has 0 unspecified atom stereocenters. The Balaban J connectivity index is 1.29. The molecule has 1 atom stereocenters. The maximum absolute atomic E-state index is 12.0. The van der Waals surface area contributed by atoms with Crippen molar-refractivity contribution in [3.63, 3.8) is 0 Å². The van der Waals surface area contributed by atoms with E-state index in [0.717, 1.165) is 50.2 Å². The minimum absolute atomic E-state index is 0.129. The molecule has 168 valence electrons. The fraction of sp³-hybridized carbons (Fsp3) is 0.640. The zero-order valence-electron chi connectivity index (χ0n) is 18.1. The van der Waals surface area contributed by atoms with Crippen LogP contribution < -0.4 is 16.0 Å². The number of pyridine rings is 1. The molecule has 3 fully saturated rings. The van der Waals surface area contributed by atoms with Crippen molar-refractivity contribution in [2.75, 3.05) is 13.2 Å². The number of hydrogen-bond acceptors (Lipinski definition) is 4. The van der Waals surface area contributed by atoms with Gasteiger partial charge in [0, 0.05) is 30.8 Å². The number of halogens is 1. The Morgan fingerprint density at radius 2 is 1.90 bits per heavy atom. The average molecular weight is 445 g/mol. The van der Waals surface area contributed by atoms with E-state index >= 15 is 0 Å². The van der Waals surface area contributed by atoms with Gasteiger partial charge in [0.05, 0.1) is 11.1 Å². The largest absolute Gasteiger partial charge is 0.489 e. The monoisotopic (exact) mass is 444 g/mol. The molecule has 3 aliphatic rings. The van der Waals surface area contributed by atoms with Gasteiger partial charge in [0.1, 0.15) is 5.75 Å². The van der Waals surface area contributed by atoms with E-state index in [1.807, 2.05) is 12.1 Å². The molecule has 0 spiro atoms. The number of nitrogens with two attached hydrogens (primary N) is 1. The van der Waals surface area contributed by atoms with Crippen LogP contribution in [0.3, 0.4) is 0 Å². The van der Waals surface area contributed by atoms with E-state index < -0.39 is 0 Å². The van der Waals surface area contributed by atoms with Crippen molar-refractivity contribution in [2.45, 2.75) is 69.9 Å². The zero-order chi connectivity index (χ0) is 21.4. The van der Waals surface area contributed by atoms with Gasteiger partial charge in [0.2, 0.25) is 0 Å². The summed E-state index contributed by atoms with van der Waals surface area (Å²) in [4.78, 5) is 14.7. The quantitative estimate of drug-likeness (QED) is 0.654. The third-order valence-corrected chi connectivity index (χ3v) is 8.22. The first kappa shape index (κ1) is 21.3. The van der Waals surface area contributed by atoms with Crippen molar-refractivity contribution >= 4 is 22.4 Å². The summed E-state index contributed by atoms with van der Waals surface area (Å²) in [6.45, 7) is 1.79. The molecule has 1 aromatic carbocycles. The third-order valence-electron chi connectivity index (χ3n) is 7.92. The molecular formula is C25H33ClN2O3. The van der Waals surface area contributed by atoms with Crippen LogP contribution in [0, 0.1) is 17.3 Å². The number of aromatic amines is 1. The molecule has 0 bridgehead atoms. The predicted molar refractivity (Wildman–Crippen MR) is 124 cm³/mol. The Morgan fingerprint density at radius 1 is 1.16 bits per heavy atom. The van der Waals surface area contributed by atoms with Crippen LogP contribution in [0.5, 0.6) is 5.75 Å². The summed E-state index contributed by atoms with van der Waals surface area (Å²) in [5.41, 5.74) is 6.99. The lowest BCUT2D eigenvalue weighted by atomic mass is 9.62. The van der Waals surface area contributed by atoms with Crippen LogP contribution in [-0.2, 0) is 4.74 Å². The molecule has 5 nitrogen and oxygen atoms in total. The molecule has 2 aliphatic carbocycles. The van der Waals surface area contributed by atoms with Gasteiger partial charge in [-0.15, -0.1) is 0 Å². The maximum atomic E-state index is 12.0. The molecular weight excluding hydrogens is 412 g/mol. The van der Waals surface area contributed by atoms with E-state index in [0.29, 0.717) is 28.1 Å². The number of H-pyrrole nitrogens is 1. The highest BCUT2D eigenvalue weighted by atomic mass is 35.5. The van der Waals surface area contributed by atoms with Gasteiger partial charge < -0.3 is 20.2 Å². The Bertz CT molecular complexity index is 972. The van der Waals surface area contributed by atoms with Gasteiger partial charge in [-0.3, -0.25) is 4.79 Å². The average Bonchev–Trinajstić information content (AvgIpc) is 3.62. The minimum atomic E-state index is -0.129. The van der Waals surface area contributed by atoms with Gasteiger partial charge in [-0.05, 0) is 98.6 Å². The molecule has 2 aromatic rings. The second-order valence-electron chi connectivity index (χ2n) is 9.98. The molecule has 0 radical (unpaired) electrons. The summed E-state index contributed by atoms with van der Waals surface area (Å²) in [5.74, 6) is 2.13. The molecule has 1 aliphatic heterocycles. The normalized spacial score (nSPS) is 28.5. The molecule has 3 N–H and O–H groups in total. The van der Waals surface area contributed by atoms with Crippen molar-refractivity contribution in [2.24, 2.45) is 23.0 Å². The molecule has 2 saturated carbocycles. The third kappa shape index (κ3) is 4.50. The number of benzene rings is 1. The highest BCUT2D eigenvalue weighted by molar-refractivity contribution is 6.32. The summed E-state index contributed by atoms with van der Waals surface area (Å²) in [6.07, 6.45) is 12.2. The maximum Gasteiger partial charge on any atom is 0.255 e. The van der Waals surface area contributed by atoms with Gasteiger partial charge in [0.25, 0.3) is 5.56 Å². The van der Waals surface area contributed by atoms with Crippen molar-refractivity contribution in [3.05, 3.63) is 39.8 Å². The van der Waals surface area contributed by atoms with Gasteiger partial charge in [-0.2, -0.15) is 0 Å². The smallest absolute Gasteiger partial charge is 0.255 e. The first-order valence-corrected chi connectivity index (χ1v) is 12.2. The fourth-order valence-corrected chi connectivity index (χ4v) is 6.11. The van der Waals surface area contributed by atoms with E-state index in [-0.39, 0.29) is 17.1 Å². The lowest BCUT2D eigenvalue weighted by Crippen LogP contribution is -2.48. The molecule has 1 aromatic heterocycles. The van der Waals surface area contributed by atoms with Crippen molar-refractivity contribution < 1.29 is 9.47 Å². The second-order valence-corrected chi connectivity index (χ2v) is 10.4. The fourth-order valence-electron chi connectivity index (χ4n) is 5.90. The van der Waals surface area contributed by atoms with E-state index in [1.165, 1.54) is 32.1 Å². The van der Waals surface area contributed by atoms with E-state index in [9.17, 15) is 4.79 Å². The van der Waals surface area contributed by atoms with Crippen LogP contribution in [0.25, 0.3) is 10.8 Å². The van der Waals surface area contributed by atoms with E-state index in [2.05, 4.69) is 4.98 Å². The second kappa shape index (κ2) is 8.76. The van der Waals surface area contributed by atoms with Crippen LogP contribution in [0.15, 0.2) is 29.2 Å². The van der Waals surface area contributed by atoms with Crippen molar-refractivity contribution in [1.29, 1.82) is 0 Å². The van der Waals surface area contributed by atoms with Gasteiger partial charge in [-0.1, -0.05) is 11.6 Å². The predicted octanol–water partition coefficient (Wildman–Crippen LogP) is 5.04. The van der Waals surface area contributed by atoms with Crippen LogP contribution in [0.1, 0.15) is 57.8 Å². The topological polar surface area (TPSA) is 77.3 Å². The SMILES string of the molecule is N[C@H](C1CC1)C1(CC2CCOCC2)CCC(Oc2cc3cc[nH]c(=O)c3cc2Cl)CC1. The Kier molecular flexibility index (Phi) is 6.02. The van der Waals surface area contributed by atoms with Crippen LogP contribution >= 0.6 is 11.6 Å². The first-order valence-electron chi connectivity index (χ1n) is 11.8. The van der Waals surface area contributed by atoms with Crippen molar-refractivity contribution in [3.8, 4) is 5.75 Å². The number of fused-ring (bicyclic) bond motifs is 1. The lowest BCUT2D eigenvalue weighted by Gasteiger charge is -2.47. The van der Waals surface area contributed by atoms with Crippen LogP contribution in [0.4, 0.5) is 0 Å². The highest BCUT2D eigenvalue weighted by Crippen LogP contribution is 2.51.